The van der Waals surface area contributed by atoms with E-state index < -0.39 is 19.8 Å². The van der Waals surface area contributed by atoms with Gasteiger partial charge in [0.05, 0.1) is 25.2 Å². The molecule has 1 aromatic rings. The highest BCUT2D eigenvalue weighted by Crippen LogP contribution is 2.37. The van der Waals surface area contributed by atoms with Crippen LogP contribution in [-0.4, -0.2) is 61.4 Å². The fourth-order valence-electron chi connectivity index (χ4n) is 3.26. The van der Waals surface area contributed by atoms with Crippen molar-refractivity contribution < 1.29 is 17.9 Å². The zero-order chi connectivity index (χ0) is 19.5. The molecular formula is C17H27BrF3N3OSi. The minimum Gasteiger partial charge on any atom is -0.380 e. The molecule has 0 aliphatic carbocycles. The number of alkyl halides is 4. The lowest BCUT2D eigenvalue weighted by Gasteiger charge is -2.46. The van der Waals surface area contributed by atoms with E-state index in [9.17, 15) is 13.2 Å². The largest absolute Gasteiger partial charge is 0.419 e. The first kappa shape index (κ1) is 21.7. The van der Waals surface area contributed by atoms with Crippen LogP contribution in [0.3, 0.4) is 0 Å². The van der Waals surface area contributed by atoms with E-state index in [4.69, 9.17) is 4.74 Å². The molecule has 0 aromatic carbocycles. The number of hydrogen-bond acceptors (Lipinski definition) is 4. The van der Waals surface area contributed by atoms with Crippen molar-refractivity contribution in [3.05, 3.63) is 23.9 Å². The first-order chi connectivity index (χ1) is 12.1. The third-order valence-electron chi connectivity index (χ3n) is 4.64. The SMILES string of the molecule is CCOCC(N1CCN(c2ncccc2C(F)(F)F)C(Br)C1)[Si](C)(C)C. The van der Waals surface area contributed by atoms with Gasteiger partial charge in [-0.1, -0.05) is 35.6 Å². The molecule has 1 fully saturated rings. The lowest BCUT2D eigenvalue weighted by atomic mass is 10.2. The summed E-state index contributed by atoms with van der Waals surface area (Å²) in [6.07, 6.45) is -3.00. The lowest BCUT2D eigenvalue weighted by molar-refractivity contribution is -0.137. The van der Waals surface area contributed by atoms with Gasteiger partial charge in [-0.2, -0.15) is 13.2 Å². The van der Waals surface area contributed by atoms with Crippen LogP contribution in [0.1, 0.15) is 12.5 Å². The van der Waals surface area contributed by atoms with Gasteiger partial charge in [0.1, 0.15) is 5.82 Å². The van der Waals surface area contributed by atoms with Crippen molar-refractivity contribution in [3.63, 3.8) is 0 Å². The van der Waals surface area contributed by atoms with Gasteiger partial charge in [0, 0.05) is 38.1 Å². The molecule has 4 nitrogen and oxygen atoms in total. The highest BCUT2D eigenvalue weighted by atomic mass is 79.9. The van der Waals surface area contributed by atoms with Crippen LogP contribution in [0.2, 0.25) is 19.6 Å². The molecule has 2 heterocycles. The number of nitrogens with zero attached hydrogens (tertiary/aromatic N) is 3. The maximum Gasteiger partial charge on any atom is 0.419 e. The van der Waals surface area contributed by atoms with Gasteiger partial charge in [-0.05, 0) is 19.1 Å². The van der Waals surface area contributed by atoms with Crippen LogP contribution in [0.15, 0.2) is 18.3 Å². The van der Waals surface area contributed by atoms with Crippen molar-refractivity contribution in [1.82, 2.24) is 9.88 Å². The molecule has 0 bridgehead atoms. The molecule has 2 atom stereocenters. The highest BCUT2D eigenvalue weighted by molar-refractivity contribution is 9.09. The summed E-state index contributed by atoms with van der Waals surface area (Å²) in [5.41, 5.74) is -0.357. The Hall–Kier alpha value is -0.643. The third-order valence-corrected chi connectivity index (χ3v) is 7.95. The molecule has 0 saturated carbocycles. The number of rotatable bonds is 6. The molecular weight excluding hydrogens is 427 g/mol. The summed E-state index contributed by atoms with van der Waals surface area (Å²) in [5, 5.41) is 0. The third kappa shape index (κ3) is 5.21. The maximum absolute atomic E-state index is 13.3. The summed E-state index contributed by atoms with van der Waals surface area (Å²) in [5.74, 6) is -0.00381. The summed E-state index contributed by atoms with van der Waals surface area (Å²) >= 11 is 3.59. The molecule has 0 radical (unpaired) electrons. The van der Waals surface area contributed by atoms with Gasteiger partial charge < -0.3 is 9.64 Å². The second kappa shape index (κ2) is 8.58. The fraction of sp³-hybridized carbons (Fsp3) is 0.706. The van der Waals surface area contributed by atoms with Crippen LogP contribution in [0.4, 0.5) is 19.0 Å². The summed E-state index contributed by atoms with van der Waals surface area (Å²) < 4.78 is 45.7. The molecule has 0 spiro atoms. The predicted molar refractivity (Wildman–Crippen MR) is 105 cm³/mol. The van der Waals surface area contributed by atoms with Crippen LogP contribution in [0, 0.1) is 0 Å². The zero-order valence-corrected chi connectivity index (χ0v) is 18.3. The normalized spacial score (nSPS) is 21.1. The monoisotopic (exact) mass is 453 g/mol. The lowest BCUT2D eigenvalue weighted by Crippen LogP contribution is -2.61. The number of halogens is 4. The van der Waals surface area contributed by atoms with Crippen molar-refractivity contribution in [2.45, 2.75) is 43.4 Å². The van der Waals surface area contributed by atoms with Crippen molar-refractivity contribution >= 4 is 29.8 Å². The van der Waals surface area contributed by atoms with Crippen molar-refractivity contribution in [3.8, 4) is 0 Å². The van der Waals surface area contributed by atoms with Crippen molar-refractivity contribution in [2.75, 3.05) is 37.7 Å². The van der Waals surface area contributed by atoms with Gasteiger partial charge in [-0.3, -0.25) is 4.90 Å². The molecule has 1 aliphatic heterocycles. The second-order valence-electron chi connectivity index (χ2n) is 7.54. The Balaban J connectivity index is 2.18. The minimum absolute atomic E-state index is 0.00381. The van der Waals surface area contributed by atoms with E-state index in [1.54, 1.807) is 4.90 Å². The summed E-state index contributed by atoms with van der Waals surface area (Å²) in [4.78, 5) is 7.86. The Labute approximate surface area is 162 Å². The standard InChI is InChI=1S/C17H27BrF3N3OSi/c1-5-25-12-15(26(2,3)4)23-9-10-24(14(18)11-23)16-13(17(19,20)21)7-6-8-22-16/h6-8,14-15H,5,9-12H2,1-4H3. The molecule has 148 valence electrons. The van der Waals surface area contributed by atoms with Gasteiger partial charge in [-0.25, -0.2) is 4.98 Å². The molecule has 2 rings (SSSR count). The highest BCUT2D eigenvalue weighted by Gasteiger charge is 2.40. The molecule has 0 N–H and O–H groups in total. The summed E-state index contributed by atoms with van der Waals surface area (Å²) in [6, 6.07) is 2.42. The number of anilines is 1. The average molecular weight is 454 g/mol. The van der Waals surface area contributed by atoms with E-state index >= 15 is 0 Å². The van der Waals surface area contributed by atoms with Crippen LogP contribution < -0.4 is 4.90 Å². The smallest absolute Gasteiger partial charge is 0.380 e. The van der Waals surface area contributed by atoms with Gasteiger partial charge in [0.25, 0.3) is 0 Å². The van der Waals surface area contributed by atoms with E-state index in [1.807, 2.05) is 6.92 Å². The van der Waals surface area contributed by atoms with Crippen molar-refractivity contribution in [1.29, 1.82) is 0 Å². The Morgan fingerprint density at radius 2 is 2.04 bits per heavy atom. The van der Waals surface area contributed by atoms with E-state index in [2.05, 4.69) is 45.5 Å². The van der Waals surface area contributed by atoms with Crippen LogP contribution in [0.25, 0.3) is 0 Å². The van der Waals surface area contributed by atoms with Crippen molar-refractivity contribution in [2.24, 2.45) is 0 Å². The maximum atomic E-state index is 13.3. The second-order valence-corrected chi connectivity index (χ2v) is 14.0. The predicted octanol–water partition coefficient (Wildman–Crippen LogP) is 4.23. The Bertz CT molecular complexity index is 597. The summed E-state index contributed by atoms with van der Waals surface area (Å²) in [6.45, 7) is 12.0. The first-order valence-electron chi connectivity index (χ1n) is 8.80. The van der Waals surface area contributed by atoms with E-state index in [0.717, 1.165) is 6.07 Å². The number of hydrogen-bond donors (Lipinski definition) is 0. The van der Waals surface area contributed by atoms with Crippen LogP contribution in [0.5, 0.6) is 0 Å². The molecule has 0 amide bonds. The zero-order valence-electron chi connectivity index (χ0n) is 15.7. The quantitative estimate of drug-likeness (QED) is 0.366. The van der Waals surface area contributed by atoms with Gasteiger partial charge >= 0.3 is 6.18 Å². The minimum atomic E-state index is -4.41. The number of aromatic nitrogens is 1. The van der Waals surface area contributed by atoms with E-state index in [1.165, 1.54) is 12.3 Å². The van der Waals surface area contributed by atoms with Crippen LogP contribution in [-0.2, 0) is 10.9 Å². The van der Waals surface area contributed by atoms with E-state index in [0.29, 0.717) is 38.5 Å². The average Bonchev–Trinajstić information content (AvgIpc) is 2.53. The van der Waals surface area contributed by atoms with Gasteiger partial charge in [-0.15, -0.1) is 0 Å². The number of pyridine rings is 1. The number of piperazine rings is 1. The van der Waals surface area contributed by atoms with E-state index in [-0.39, 0.29) is 10.8 Å². The molecule has 1 aliphatic rings. The molecule has 1 saturated heterocycles. The Kier molecular flexibility index (Phi) is 7.14. The Morgan fingerprint density at radius 1 is 1.35 bits per heavy atom. The Morgan fingerprint density at radius 3 is 2.58 bits per heavy atom. The van der Waals surface area contributed by atoms with Crippen LogP contribution >= 0.6 is 15.9 Å². The molecule has 9 heteroatoms. The van der Waals surface area contributed by atoms with Gasteiger partial charge in [0.2, 0.25) is 0 Å². The topological polar surface area (TPSA) is 28.6 Å². The van der Waals surface area contributed by atoms with Gasteiger partial charge in [0.15, 0.2) is 0 Å². The molecule has 2 unspecified atom stereocenters. The number of ether oxygens (including phenoxy) is 1. The molecule has 26 heavy (non-hydrogen) atoms. The fourth-order valence-corrected chi connectivity index (χ4v) is 5.98. The molecule has 1 aromatic heterocycles. The summed E-state index contributed by atoms with van der Waals surface area (Å²) in [7, 11) is -1.52. The first-order valence-corrected chi connectivity index (χ1v) is 13.3.